The van der Waals surface area contributed by atoms with E-state index in [1.165, 1.54) is 0 Å². The highest BCUT2D eigenvalue weighted by atomic mass is 14.9. The van der Waals surface area contributed by atoms with Crippen LogP contribution in [0.4, 0.5) is 5.69 Å². The van der Waals surface area contributed by atoms with E-state index in [1.807, 2.05) is 19.1 Å². The molecule has 0 bridgehead atoms. The fraction of sp³-hybridized carbons (Fsp3) is 0.500. The maximum absolute atomic E-state index is 5.52. The largest absolute Gasteiger partial charge is 0.383 e. The lowest BCUT2D eigenvalue weighted by Gasteiger charge is -2.12. The van der Waals surface area contributed by atoms with Crippen LogP contribution in [0.25, 0.3) is 0 Å². The smallest absolute Gasteiger partial charge is 0.0603 e. The normalized spacial score (nSPS) is 12.5. The summed E-state index contributed by atoms with van der Waals surface area (Å²) in [6.45, 7) is 5.74. The lowest BCUT2D eigenvalue weighted by Crippen LogP contribution is -2.20. The lowest BCUT2D eigenvalue weighted by atomic mass is 10.2. The molecule has 1 aromatic rings. The van der Waals surface area contributed by atoms with Crippen molar-refractivity contribution in [1.82, 2.24) is 4.98 Å². The zero-order valence-corrected chi connectivity index (χ0v) is 8.25. The van der Waals surface area contributed by atoms with E-state index in [0.717, 1.165) is 17.9 Å². The first-order chi connectivity index (χ1) is 6.24. The van der Waals surface area contributed by atoms with Crippen molar-refractivity contribution >= 4 is 5.69 Å². The number of nitrogens with one attached hydrogen (secondary N) is 1. The summed E-state index contributed by atoms with van der Waals surface area (Å²) in [5.74, 6) is 0.500. The average Bonchev–Trinajstić information content (AvgIpc) is 2.16. The monoisotopic (exact) mass is 179 g/mol. The van der Waals surface area contributed by atoms with E-state index in [-0.39, 0.29) is 0 Å². The predicted molar refractivity (Wildman–Crippen MR) is 55.7 cm³/mol. The van der Waals surface area contributed by atoms with Gasteiger partial charge in [0.05, 0.1) is 11.4 Å². The van der Waals surface area contributed by atoms with Crippen molar-refractivity contribution in [3.63, 3.8) is 0 Å². The second-order valence-corrected chi connectivity index (χ2v) is 3.36. The second kappa shape index (κ2) is 4.82. The Kier molecular flexibility index (Phi) is 3.71. The van der Waals surface area contributed by atoms with Gasteiger partial charge in [-0.3, -0.25) is 4.98 Å². The molecule has 0 saturated carbocycles. The van der Waals surface area contributed by atoms with E-state index >= 15 is 0 Å². The average molecular weight is 179 g/mol. The third kappa shape index (κ3) is 3.03. The summed E-state index contributed by atoms with van der Waals surface area (Å²) >= 11 is 0. The Balaban J connectivity index is 2.50. The minimum Gasteiger partial charge on any atom is -0.383 e. The van der Waals surface area contributed by atoms with Crippen LogP contribution in [-0.4, -0.2) is 18.1 Å². The van der Waals surface area contributed by atoms with Crippen LogP contribution in [0.15, 0.2) is 18.3 Å². The van der Waals surface area contributed by atoms with Crippen LogP contribution in [0.1, 0.15) is 12.6 Å². The summed E-state index contributed by atoms with van der Waals surface area (Å²) in [5, 5.41) is 3.32. The molecular formula is C10H17N3. The van der Waals surface area contributed by atoms with Gasteiger partial charge in [0, 0.05) is 12.7 Å². The first kappa shape index (κ1) is 9.99. The fourth-order valence-electron chi connectivity index (χ4n) is 1.04. The molecule has 13 heavy (non-hydrogen) atoms. The number of rotatable bonds is 4. The van der Waals surface area contributed by atoms with Crippen LogP contribution < -0.4 is 11.1 Å². The highest BCUT2D eigenvalue weighted by molar-refractivity contribution is 5.46. The summed E-state index contributed by atoms with van der Waals surface area (Å²) in [7, 11) is 0. The topological polar surface area (TPSA) is 50.9 Å². The zero-order chi connectivity index (χ0) is 9.68. The van der Waals surface area contributed by atoms with Gasteiger partial charge < -0.3 is 11.1 Å². The molecule has 0 spiro atoms. The van der Waals surface area contributed by atoms with Crippen LogP contribution in [0.2, 0.25) is 0 Å². The second-order valence-electron chi connectivity index (χ2n) is 3.36. The van der Waals surface area contributed by atoms with Gasteiger partial charge in [0.2, 0.25) is 0 Å². The van der Waals surface area contributed by atoms with Crippen molar-refractivity contribution in [2.75, 3.05) is 18.4 Å². The van der Waals surface area contributed by atoms with Crippen LogP contribution in [0, 0.1) is 12.8 Å². The molecule has 1 atom stereocenters. The molecular weight excluding hydrogens is 162 g/mol. The van der Waals surface area contributed by atoms with Crippen molar-refractivity contribution in [2.24, 2.45) is 11.7 Å². The van der Waals surface area contributed by atoms with Crippen molar-refractivity contribution < 1.29 is 0 Å². The van der Waals surface area contributed by atoms with Gasteiger partial charge in [-0.1, -0.05) is 6.92 Å². The Bertz CT molecular complexity index is 260. The maximum atomic E-state index is 5.52. The summed E-state index contributed by atoms with van der Waals surface area (Å²) < 4.78 is 0. The Morgan fingerprint density at radius 2 is 2.38 bits per heavy atom. The number of hydrogen-bond donors (Lipinski definition) is 2. The van der Waals surface area contributed by atoms with Gasteiger partial charge in [0.1, 0.15) is 0 Å². The molecule has 1 heterocycles. The number of aromatic nitrogens is 1. The Morgan fingerprint density at radius 3 is 3.00 bits per heavy atom. The van der Waals surface area contributed by atoms with Gasteiger partial charge in [0.25, 0.3) is 0 Å². The molecule has 0 aliphatic carbocycles. The summed E-state index contributed by atoms with van der Waals surface area (Å²) in [4.78, 5) is 4.19. The Hall–Kier alpha value is -1.09. The summed E-state index contributed by atoms with van der Waals surface area (Å²) in [6.07, 6.45) is 1.80. The minimum absolute atomic E-state index is 0.500. The van der Waals surface area contributed by atoms with Crippen LogP contribution in [0.5, 0.6) is 0 Å². The van der Waals surface area contributed by atoms with Gasteiger partial charge in [-0.25, -0.2) is 0 Å². The maximum Gasteiger partial charge on any atom is 0.0603 e. The van der Waals surface area contributed by atoms with Crippen LogP contribution in [0.3, 0.4) is 0 Å². The molecule has 1 rings (SSSR count). The van der Waals surface area contributed by atoms with Gasteiger partial charge >= 0.3 is 0 Å². The molecule has 0 saturated heterocycles. The van der Waals surface area contributed by atoms with E-state index in [4.69, 9.17) is 5.73 Å². The summed E-state index contributed by atoms with van der Waals surface area (Å²) in [6, 6.07) is 3.97. The number of anilines is 1. The molecule has 0 aliphatic heterocycles. The zero-order valence-electron chi connectivity index (χ0n) is 8.25. The van der Waals surface area contributed by atoms with Crippen LogP contribution >= 0.6 is 0 Å². The third-order valence-corrected chi connectivity index (χ3v) is 2.05. The molecule has 0 aromatic carbocycles. The van der Waals surface area contributed by atoms with Crippen molar-refractivity contribution in [2.45, 2.75) is 13.8 Å². The number of pyridine rings is 1. The van der Waals surface area contributed by atoms with E-state index in [2.05, 4.69) is 17.2 Å². The van der Waals surface area contributed by atoms with E-state index in [1.54, 1.807) is 6.20 Å². The highest BCUT2D eigenvalue weighted by Crippen LogP contribution is 2.10. The van der Waals surface area contributed by atoms with E-state index < -0.39 is 0 Å². The first-order valence-corrected chi connectivity index (χ1v) is 4.59. The third-order valence-electron chi connectivity index (χ3n) is 2.05. The van der Waals surface area contributed by atoms with Gasteiger partial charge in [0.15, 0.2) is 0 Å². The Labute approximate surface area is 79.4 Å². The predicted octanol–water partition coefficient (Wildman–Crippen LogP) is 1.40. The fourth-order valence-corrected chi connectivity index (χ4v) is 1.04. The number of nitrogens with two attached hydrogens (primary N) is 1. The number of hydrogen-bond acceptors (Lipinski definition) is 3. The standard InChI is InChI=1S/C10H17N3/c1-8(6-11)7-13-10-4-3-5-12-9(10)2/h3-5,8,13H,6-7,11H2,1-2H3. The molecule has 3 N–H and O–H groups in total. The van der Waals surface area contributed by atoms with E-state index in [9.17, 15) is 0 Å². The van der Waals surface area contributed by atoms with Gasteiger partial charge in [-0.2, -0.15) is 0 Å². The number of aryl methyl sites for hydroxylation is 1. The molecule has 0 aliphatic rings. The molecule has 72 valence electrons. The Morgan fingerprint density at radius 1 is 1.62 bits per heavy atom. The first-order valence-electron chi connectivity index (χ1n) is 4.59. The minimum atomic E-state index is 0.500. The van der Waals surface area contributed by atoms with Crippen LogP contribution in [-0.2, 0) is 0 Å². The van der Waals surface area contributed by atoms with Gasteiger partial charge in [-0.05, 0) is 31.5 Å². The molecule has 3 nitrogen and oxygen atoms in total. The van der Waals surface area contributed by atoms with Crippen molar-refractivity contribution in [3.05, 3.63) is 24.0 Å². The molecule has 1 unspecified atom stereocenters. The van der Waals surface area contributed by atoms with Crippen molar-refractivity contribution in [3.8, 4) is 0 Å². The van der Waals surface area contributed by atoms with E-state index in [0.29, 0.717) is 12.5 Å². The molecule has 3 heteroatoms. The van der Waals surface area contributed by atoms with Gasteiger partial charge in [-0.15, -0.1) is 0 Å². The lowest BCUT2D eigenvalue weighted by molar-refractivity contribution is 0.628. The molecule has 1 aromatic heterocycles. The molecule has 0 amide bonds. The SMILES string of the molecule is Cc1ncccc1NCC(C)CN. The summed E-state index contributed by atoms with van der Waals surface area (Å²) in [5.41, 5.74) is 7.65. The number of nitrogens with zero attached hydrogens (tertiary/aromatic N) is 1. The molecule has 0 fully saturated rings. The highest BCUT2D eigenvalue weighted by Gasteiger charge is 2.00. The molecule has 0 radical (unpaired) electrons. The van der Waals surface area contributed by atoms with Crippen molar-refractivity contribution in [1.29, 1.82) is 0 Å². The quantitative estimate of drug-likeness (QED) is 0.734.